The molecule has 1 N–H and O–H groups in total. The Kier molecular flexibility index (Phi) is 6.32. The number of hydrogen-bond acceptors (Lipinski definition) is 7. The van der Waals surface area contributed by atoms with Crippen molar-refractivity contribution < 1.29 is 4.79 Å². The number of pyridine rings is 1. The molecule has 0 saturated heterocycles. The number of fused-ring (bicyclic) bond motifs is 1. The van der Waals surface area contributed by atoms with Crippen LogP contribution in [-0.4, -0.2) is 25.5 Å². The molecule has 0 atom stereocenters. The molecule has 4 rings (SSSR count). The number of anilines is 1. The molecule has 1 aromatic carbocycles. The molecule has 164 valence electrons. The minimum absolute atomic E-state index is 0.0266. The largest absolute Gasteiger partial charge is 0.296 e. The van der Waals surface area contributed by atoms with Crippen molar-refractivity contribution in [3.05, 3.63) is 80.9 Å². The number of halogens is 1. The highest BCUT2D eigenvalue weighted by atomic mass is 35.5. The second-order valence-corrected chi connectivity index (χ2v) is 10.7. The van der Waals surface area contributed by atoms with Gasteiger partial charge in [-0.15, -0.1) is 10.2 Å². The standard InChI is InChI=1S/C22H20ClN5O2S2/c1-22(2,3)14-6-4-13(5-7-14)19(30)25-20-26-27-21(32-20)31-12-16-10-18(29)28-11-15(23)8-9-17(28)24-16/h4-11H,12H2,1-3H3,(H,25,26,30). The van der Waals surface area contributed by atoms with Gasteiger partial charge in [0.25, 0.3) is 11.5 Å². The first-order chi connectivity index (χ1) is 15.2. The summed E-state index contributed by atoms with van der Waals surface area (Å²) in [6, 6.07) is 12.4. The lowest BCUT2D eigenvalue weighted by molar-refractivity contribution is 0.102. The van der Waals surface area contributed by atoms with Crippen LogP contribution in [0, 0.1) is 0 Å². The topological polar surface area (TPSA) is 89.2 Å². The molecule has 0 spiro atoms. The Morgan fingerprint density at radius 2 is 1.91 bits per heavy atom. The summed E-state index contributed by atoms with van der Waals surface area (Å²) < 4.78 is 2.07. The first-order valence-corrected chi connectivity index (χ1v) is 11.9. The van der Waals surface area contributed by atoms with Crippen LogP contribution >= 0.6 is 34.7 Å². The molecule has 3 heterocycles. The lowest BCUT2D eigenvalue weighted by atomic mass is 9.87. The van der Waals surface area contributed by atoms with Crippen molar-refractivity contribution in [2.45, 2.75) is 36.3 Å². The number of rotatable bonds is 5. The maximum absolute atomic E-state index is 12.5. The predicted octanol–water partition coefficient (Wildman–Crippen LogP) is 5.04. The molecule has 3 aromatic heterocycles. The number of amides is 1. The SMILES string of the molecule is CC(C)(C)c1ccc(C(=O)Nc2nnc(SCc3cc(=O)n4cc(Cl)ccc4n3)s2)cc1. The molecule has 0 fully saturated rings. The van der Waals surface area contributed by atoms with E-state index in [1.807, 2.05) is 24.3 Å². The van der Waals surface area contributed by atoms with Gasteiger partial charge in [-0.1, -0.05) is 67.6 Å². The lowest BCUT2D eigenvalue weighted by Crippen LogP contribution is -2.14. The summed E-state index contributed by atoms with van der Waals surface area (Å²) in [5.74, 6) is 0.214. The van der Waals surface area contributed by atoms with Crippen LogP contribution in [0.25, 0.3) is 5.65 Å². The molecule has 0 unspecified atom stereocenters. The molecular weight excluding hydrogens is 466 g/mol. The van der Waals surface area contributed by atoms with Crippen LogP contribution in [0.5, 0.6) is 0 Å². The van der Waals surface area contributed by atoms with Gasteiger partial charge in [-0.2, -0.15) is 0 Å². The van der Waals surface area contributed by atoms with Crippen molar-refractivity contribution in [3.8, 4) is 0 Å². The third kappa shape index (κ3) is 5.17. The van der Waals surface area contributed by atoms with Gasteiger partial charge in [-0.05, 0) is 35.2 Å². The van der Waals surface area contributed by atoms with Crippen molar-refractivity contribution in [2.75, 3.05) is 5.32 Å². The zero-order valence-electron chi connectivity index (χ0n) is 17.6. The number of thioether (sulfide) groups is 1. The highest BCUT2D eigenvalue weighted by molar-refractivity contribution is 8.00. The van der Waals surface area contributed by atoms with Crippen LogP contribution in [0.3, 0.4) is 0 Å². The van der Waals surface area contributed by atoms with E-state index >= 15 is 0 Å². The number of nitrogens with zero attached hydrogens (tertiary/aromatic N) is 4. The maximum Gasteiger partial charge on any atom is 0.258 e. The highest BCUT2D eigenvalue weighted by Gasteiger charge is 2.15. The van der Waals surface area contributed by atoms with Gasteiger partial charge in [0.15, 0.2) is 4.34 Å². The number of carbonyl (C=O) groups is 1. The molecule has 32 heavy (non-hydrogen) atoms. The van der Waals surface area contributed by atoms with E-state index < -0.39 is 0 Å². The minimum atomic E-state index is -0.235. The molecule has 0 saturated carbocycles. The molecule has 0 aliphatic heterocycles. The summed E-state index contributed by atoms with van der Waals surface area (Å²) in [4.78, 5) is 29.3. The van der Waals surface area contributed by atoms with Crippen molar-refractivity contribution in [2.24, 2.45) is 0 Å². The zero-order valence-corrected chi connectivity index (χ0v) is 20.0. The Bertz CT molecular complexity index is 1340. The Balaban J connectivity index is 1.40. The Labute approximate surface area is 197 Å². The van der Waals surface area contributed by atoms with Gasteiger partial charge in [0.1, 0.15) is 5.65 Å². The molecule has 0 aliphatic carbocycles. The van der Waals surface area contributed by atoms with Gasteiger partial charge in [0.05, 0.1) is 10.7 Å². The van der Waals surface area contributed by atoms with Crippen molar-refractivity contribution in [1.29, 1.82) is 0 Å². The highest BCUT2D eigenvalue weighted by Crippen LogP contribution is 2.28. The van der Waals surface area contributed by atoms with E-state index in [0.717, 1.165) is 5.56 Å². The van der Waals surface area contributed by atoms with Gasteiger partial charge >= 0.3 is 0 Å². The summed E-state index contributed by atoms with van der Waals surface area (Å²) in [5, 5.41) is 11.8. The summed E-state index contributed by atoms with van der Waals surface area (Å²) in [5.41, 5.74) is 2.70. The first-order valence-electron chi connectivity index (χ1n) is 9.75. The van der Waals surface area contributed by atoms with Gasteiger partial charge in [0.2, 0.25) is 5.13 Å². The van der Waals surface area contributed by atoms with Crippen LogP contribution in [0.4, 0.5) is 5.13 Å². The van der Waals surface area contributed by atoms with Gasteiger partial charge in [-0.25, -0.2) is 4.98 Å². The average Bonchev–Trinajstić information content (AvgIpc) is 3.19. The van der Waals surface area contributed by atoms with Crippen LogP contribution in [0.15, 0.2) is 57.8 Å². The number of aromatic nitrogens is 4. The number of hydrogen-bond donors (Lipinski definition) is 1. The Hall–Kier alpha value is -2.75. The summed E-state index contributed by atoms with van der Waals surface area (Å²) in [6.07, 6.45) is 1.54. The van der Waals surface area contributed by atoms with Crippen LogP contribution in [0.2, 0.25) is 5.02 Å². The second-order valence-electron chi connectivity index (χ2n) is 8.10. The third-order valence-corrected chi connectivity index (χ3v) is 6.89. The molecule has 0 radical (unpaired) electrons. The maximum atomic E-state index is 12.5. The normalized spacial score (nSPS) is 11.6. The fraction of sp³-hybridized carbons (Fsp3) is 0.227. The predicted molar refractivity (Wildman–Crippen MR) is 129 cm³/mol. The molecular formula is C22H20ClN5O2S2. The van der Waals surface area contributed by atoms with E-state index in [0.29, 0.717) is 37.2 Å². The third-order valence-electron chi connectivity index (χ3n) is 4.66. The summed E-state index contributed by atoms with van der Waals surface area (Å²) in [7, 11) is 0. The van der Waals surface area contributed by atoms with Crippen LogP contribution < -0.4 is 10.9 Å². The van der Waals surface area contributed by atoms with E-state index in [2.05, 4.69) is 41.3 Å². The lowest BCUT2D eigenvalue weighted by Gasteiger charge is -2.18. The quantitative estimate of drug-likeness (QED) is 0.314. The molecule has 0 aliphatic rings. The van der Waals surface area contributed by atoms with Crippen LogP contribution in [0.1, 0.15) is 42.4 Å². The summed E-state index contributed by atoms with van der Waals surface area (Å²) in [6.45, 7) is 6.38. The van der Waals surface area contributed by atoms with Crippen molar-refractivity contribution in [1.82, 2.24) is 19.6 Å². The second kappa shape index (κ2) is 9.01. The monoisotopic (exact) mass is 485 g/mol. The first kappa shape index (κ1) is 22.4. The Morgan fingerprint density at radius 1 is 1.16 bits per heavy atom. The number of carbonyl (C=O) groups excluding carboxylic acids is 1. The van der Waals surface area contributed by atoms with E-state index in [4.69, 9.17) is 11.6 Å². The number of benzene rings is 1. The van der Waals surface area contributed by atoms with E-state index in [9.17, 15) is 9.59 Å². The van der Waals surface area contributed by atoms with Crippen LogP contribution in [-0.2, 0) is 11.2 Å². The Morgan fingerprint density at radius 3 is 2.62 bits per heavy atom. The van der Waals surface area contributed by atoms with Gasteiger partial charge < -0.3 is 0 Å². The van der Waals surface area contributed by atoms with Gasteiger partial charge in [-0.3, -0.25) is 19.3 Å². The van der Waals surface area contributed by atoms with Crippen molar-refractivity contribution >= 4 is 51.4 Å². The van der Waals surface area contributed by atoms with E-state index in [1.165, 1.54) is 33.6 Å². The molecule has 1 amide bonds. The molecule has 7 nitrogen and oxygen atoms in total. The molecule has 10 heteroatoms. The molecule has 4 aromatic rings. The number of nitrogens with one attached hydrogen (secondary N) is 1. The molecule has 0 bridgehead atoms. The minimum Gasteiger partial charge on any atom is -0.296 e. The average molecular weight is 486 g/mol. The smallest absolute Gasteiger partial charge is 0.258 e. The van der Waals surface area contributed by atoms with E-state index in [1.54, 1.807) is 18.3 Å². The van der Waals surface area contributed by atoms with Crippen molar-refractivity contribution in [3.63, 3.8) is 0 Å². The fourth-order valence-electron chi connectivity index (χ4n) is 2.95. The zero-order chi connectivity index (χ0) is 22.9. The summed E-state index contributed by atoms with van der Waals surface area (Å²) >= 11 is 8.61. The fourth-order valence-corrected chi connectivity index (χ4v) is 4.75. The van der Waals surface area contributed by atoms with E-state index in [-0.39, 0.29) is 16.9 Å². The van der Waals surface area contributed by atoms with Gasteiger partial charge in [0, 0.05) is 23.6 Å².